The normalized spacial score (nSPS) is 10.7. The standard InChI is InChI=1S/C27H26FN3O3/c1-33-23-10-6-9-21(26(23)34-2)13-16-24(32)30-27-25(20-11-14-22(28)15-12-20)29-18-31(27)17-19-7-4-3-5-8-19/h3-12,14-15,18H,13,16-17H2,1-2H3,(H,30,32). The van der Waals surface area contributed by atoms with Crippen molar-refractivity contribution in [3.05, 3.63) is 96.1 Å². The van der Waals surface area contributed by atoms with Crippen molar-refractivity contribution in [3.8, 4) is 22.8 Å². The number of hydrogen-bond acceptors (Lipinski definition) is 4. The number of rotatable bonds is 9. The molecule has 0 atom stereocenters. The molecule has 174 valence electrons. The Hall–Kier alpha value is -4.13. The Balaban J connectivity index is 1.57. The zero-order chi connectivity index (χ0) is 23.9. The van der Waals surface area contributed by atoms with E-state index < -0.39 is 0 Å². The molecule has 0 unspecified atom stereocenters. The molecule has 1 N–H and O–H groups in total. The molecular formula is C27H26FN3O3. The van der Waals surface area contributed by atoms with Gasteiger partial charge in [-0.25, -0.2) is 9.37 Å². The summed E-state index contributed by atoms with van der Waals surface area (Å²) in [6.45, 7) is 0.536. The van der Waals surface area contributed by atoms with Crippen molar-refractivity contribution in [3.63, 3.8) is 0 Å². The molecule has 0 bridgehead atoms. The maximum absolute atomic E-state index is 13.5. The summed E-state index contributed by atoms with van der Waals surface area (Å²) in [6.07, 6.45) is 2.40. The Morgan fingerprint density at radius 1 is 0.971 bits per heavy atom. The van der Waals surface area contributed by atoms with E-state index in [9.17, 15) is 9.18 Å². The van der Waals surface area contributed by atoms with Crippen LogP contribution in [0.1, 0.15) is 17.5 Å². The number of nitrogens with one attached hydrogen (secondary N) is 1. The van der Waals surface area contributed by atoms with E-state index in [1.807, 2.05) is 53.1 Å². The number of amides is 1. The number of hydrogen-bond donors (Lipinski definition) is 1. The molecule has 34 heavy (non-hydrogen) atoms. The van der Waals surface area contributed by atoms with Crippen molar-refractivity contribution in [2.45, 2.75) is 19.4 Å². The first-order valence-electron chi connectivity index (χ1n) is 10.9. The maximum Gasteiger partial charge on any atom is 0.225 e. The van der Waals surface area contributed by atoms with Crippen LogP contribution in [0.2, 0.25) is 0 Å². The summed E-state index contributed by atoms with van der Waals surface area (Å²) in [7, 11) is 3.16. The van der Waals surface area contributed by atoms with Gasteiger partial charge in [0.1, 0.15) is 17.3 Å². The lowest BCUT2D eigenvalue weighted by Gasteiger charge is -2.14. The fourth-order valence-electron chi connectivity index (χ4n) is 3.83. The van der Waals surface area contributed by atoms with Crippen molar-refractivity contribution in [2.24, 2.45) is 0 Å². The van der Waals surface area contributed by atoms with Gasteiger partial charge in [-0.1, -0.05) is 42.5 Å². The largest absolute Gasteiger partial charge is 0.493 e. The molecular weight excluding hydrogens is 433 g/mol. The lowest BCUT2D eigenvalue weighted by Crippen LogP contribution is -2.16. The Labute approximate surface area is 198 Å². The average molecular weight is 460 g/mol. The number of methoxy groups -OCH3 is 2. The number of para-hydroxylation sites is 1. The fourth-order valence-corrected chi connectivity index (χ4v) is 3.83. The highest BCUT2D eigenvalue weighted by molar-refractivity contribution is 5.93. The molecule has 1 heterocycles. The summed E-state index contributed by atoms with van der Waals surface area (Å²) in [5.74, 6) is 1.32. The van der Waals surface area contributed by atoms with Crippen LogP contribution in [-0.2, 0) is 17.8 Å². The number of halogens is 1. The van der Waals surface area contributed by atoms with E-state index in [4.69, 9.17) is 9.47 Å². The van der Waals surface area contributed by atoms with Gasteiger partial charge >= 0.3 is 0 Å². The van der Waals surface area contributed by atoms with Crippen LogP contribution in [0, 0.1) is 5.82 Å². The molecule has 0 saturated carbocycles. The van der Waals surface area contributed by atoms with Crippen molar-refractivity contribution < 1.29 is 18.7 Å². The second-order valence-corrected chi connectivity index (χ2v) is 7.76. The van der Waals surface area contributed by atoms with Crippen molar-refractivity contribution in [1.82, 2.24) is 9.55 Å². The molecule has 7 heteroatoms. The number of benzene rings is 3. The number of aromatic nitrogens is 2. The first kappa shape index (κ1) is 23.0. The van der Waals surface area contributed by atoms with E-state index in [2.05, 4.69) is 10.3 Å². The molecule has 0 aliphatic rings. The van der Waals surface area contributed by atoms with Gasteiger partial charge in [0.25, 0.3) is 0 Å². The van der Waals surface area contributed by atoms with E-state index in [-0.39, 0.29) is 18.1 Å². The summed E-state index contributed by atoms with van der Waals surface area (Å²) < 4.78 is 26.2. The highest BCUT2D eigenvalue weighted by Gasteiger charge is 2.17. The lowest BCUT2D eigenvalue weighted by atomic mass is 10.1. The molecule has 0 radical (unpaired) electrons. The zero-order valence-corrected chi connectivity index (χ0v) is 19.1. The molecule has 0 aliphatic heterocycles. The lowest BCUT2D eigenvalue weighted by molar-refractivity contribution is -0.116. The topological polar surface area (TPSA) is 65.4 Å². The quantitative estimate of drug-likeness (QED) is 0.368. The molecule has 1 amide bonds. The van der Waals surface area contributed by atoms with Gasteiger partial charge in [-0.05, 0) is 47.9 Å². The summed E-state index contributed by atoms with van der Waals surface area (Å²) in [5, 5.41) is 3.02. The van der Waals surface area contributed by atoms with Crippen LogP contribution in [0.15, 0.2) is 79.1 Å². The van der Waals surface area contributed by atoms with Crippen molar-refractivity contribution in [2.75, 3.05) is 19.5 Å². The average Bonchev–Trinajstić information content (AvgIpc) is 3.25. The Kier molecular flexibility index (Phi) is 7.22. The summed E-state index contributed by atoms with van der Waals surface area (Å²) >= 11 is 0. The number of aryl methyl sites for hydroxylation is 1. The van der Waals surface area contributed by atoms with Gasteiger partial charge in [-0.3, -0.25) is 4.79 Å². The molecule has 1 aromatic heterocycles. The van der Waals surface area contributed by atoms with Gasteiger partial charge in [0.05, 0.1) is 27.1 Å². The molecule has 0 aliphatic carbocycles. The minimum Gasteiger partial charge on any atom is -0.493 e. The highest BCUT2D eigenvalue weighted by atomic mass is 19.1. The van der Waals surface area contributed by atoms with Gasteiger partial charge in [0, 0.05) is 12.0 Å². The SMILES string of the molecule is COc1cccc(CCC(=O)Nc2c(-c3ccc(F)cc3)ncn2Cc2ccccc2)c1OC. The van der Waals surface area contributed by atoms with Gasteiger partial charge in [-0.15, -0.1) is 0 Å². The Morgan fingerprint density at radius 2 is 1.74 bits per heavy atom. The predicted molar refractivity (Wildman–Crippen MR) is 130 cm³/mol. The van der Waals surface area contributed by atoms with Gasteiger partial charge in [0.15, 0.2) is 11.5 Å². The minimum atomic E-state index is -0.328. The molecule has 0 spiro atoms. The Bertz CT molecular complexity index is 1250. The van der Waals surface area contributed by atoms with E-state index >= 15 is 0 Å². The summed E-state index contributed by atoms with van der Waals surface area (Å²) in [6, 6.07) is 21.6. The van der Waals surface area contributed by atoms with Crippen LogP contribution in [0.5, 0.6) is 11.5 Å². The molecule has 3 aromatic carbocycles. The molecule has 0 fully saturated rings. The fraction of sp³-hybridized carbons (Fsp3) is 0.185. The van der Waals surface area contributed by atoms with Crippen molar-refractivity contribution in [1.29, 1.82) is 0 Å². The summed E-state index contributed by atoms with van der Waals surface area (Å²) in [4.78, 5) is 17.5. The predicted octanol–water partition coefficient (Wildman–Crippen LogP) is 5.33. The third kappa shape index (κ3) is 5.26. The summed E-state index contributed by atoms with van der Waals surface area (Å²) in [5.41, 5.74) is 3.26. The van der Waals surface area contributed by atoms with Gasteiger partial charge in [0.2, 0.25) is 5.91 Å². The number of carbonyl (C=O) groups excluding carboxylic acids is 1. The number of nitrogens with zero attached hydrogens (tertiary/aromatic N) is 2. The van der Waals surface area contributed by atoms with Gasteiger partial charge in [-0.2, -0.15) is 0 Å². The van der Waals surface area contributed by atoms with Crippen LogP contribution >= 0.6 is 0 Å². The second kappa shape index (κ2) is 10.7. The van der Waals surface area contributed by atoms with Crippen LogP contribution in [0.25, 0.3) is 11.3 Å². The molecule has 6 nitrogen and oxygen atoms in total. The smallest absolute Gasteiger partial charge is 0.225 e. The van der Waals surface area contributed by atoms with E-state index in [0.29, 0.717) is 36.0 Å². The van der Waals surface area contributed by atoms with Gasteiger partial charge < -0.3 is 19.4 Å². The number of ether oxygens (including phenoxy) is 2. The van der Waals surface area contributed by atoms with E-state index in [1.54, 1.807) is 32.7 Å². The third-order valence-electron chi connectivity index (χ3n) is 5.51. The number of carbonyl (C=O) groups is 1. The zero-order valence-electron chi connectivity index (χ0n) is 19.1. The van der Waals surface area contributed by atoms with Crippen LogP contribution < -0.4 is 14.8 Å². The second-order valence-electron chi connectivity index (χ2n) is 7.76. The van der Waals surface area contributed by atoms with Crippen molar-refractivity contribution >= 4 is 11.7 Å². The maximum atomic E-state index is 13.5. The molecule has 4 aromatic rings. The Morgan fingerprint density at radius 3 is 2.44 bits per heavy atom. The van der Waals surface area contributed by atoms with E-state index in [1.165, 1.54) is 12.1 Å². The van der Waals surface area contributed by atoms with Crippen LogP contribution in [0.4, 0.5) is 10.2 Å². The third-order valence-corrected chi connectivity index (χ3v) is 5.51. The highest BCUT2D eigenvalue weighted by Crippen LogP contribution is 2.32. The number of anilines is 1. The van der Waals surface area contributed by atoms with Crippen LogP contribution in [0.3, 0.4) is 0 Å². The van der Waals surface area contributed by atoms with E-state index in [0.717, 1.165) is 16.7 Å². The minimum absolute atomic E-state index is 0.164. The molecule has 4 rings (SSSR count). The first-order valence-corrected chi connectivity index (χ1v) is 10.9. The first-order chi connectivity index (χ1) is 16.6. The van der Waals surface area contributed by atoms with Crippen LogP contribution in [-0.4, -0.2) is 29.7 Å². The molecule has 0 saturated heterocycles. The number of imidazole rings is 1. The monoisotopic (exact) mass is 459 g/mol.